The van der Waals surface area contributed by atoms with Crippen molar-refractivity contribution in [1.82, 2.24) is 8.87 Å². The minimum absolute atomic E-state index is 0.0384. The van der Waals surface area contributed by atoms with Crippen molar-refractivity contribution in [1.29, 1.82) is 0 Å². The Kier molecular flexibility index (Phi) is 7.40. The molecule has 0 aliphatic carbocycles. The van der Waals surface area contributed by atoms with Crippen molar-refractivity contribution in [2.24, 2.45) is 5.92 Å². The standard InChI is InChI=1S/C23H25Cl2N3O4S2/c1-14(2)28-20-8-6-17(11-21(20)33-23(28)30)26-22(29)16-4-3-9-27(12-16)34(31,32)13-15-5-7-18(24)19(25)10-15/h5-8,10-11,14,16H,3-4,9,12-13H2,1-2H3,(H,26,29)/t16-/m1/s1. The smallest absolute Gasteiger partial charge is 0.308 e. The SMILES string of the molecule is CC(C)n1c(=O)sc2cc(NC(=O)[C@@H]3CCCN(S(=O)(=O)Cc4ccc(Cl)c(Cl)c4)C3)ccc21. The number of thiazole rings is 1. The fourth-order valence-corrected chi connectivity index (χ4v) is 7.16. The van der Waals surface area contributed by atoms with Gasteiger partial charge in [0.15, 0.2) is 0 Å². The van der Waals surface area contributed by atoms with E-state index in [-0.39, 0.29) is 29.1 Å². The number of amides is 1. The largest absolute Gasteiger partial charge is 0.326 e. The van der Waals surface area contributed by atoms with Crippen LogP contribution in [-0.2, 0) is 20.6 Å². The Labute approximate surface area is 212 Å². The van der Waals surface area contributed by atoms with Gasteiger partial charge in [-0.25, -0.2) is 12.7 Å². The first-order valence-corrected chi connectivity index (χ1v) is 14.1. The lowest BCUT2D eigenvalue weighted by Crippen LogP contribution is -2.44. The van der Waals surface area contributed by atoms with Crippen LogP contribution < -0.4 is 10.2 Å². The van der Waals surface area contributed by atoms with Gasteiger partial charge in [0.2, 0.25) is 15.9 Å². The number of anilines is 1. The monoisotopic (exact) mass is 541 g/mol. The summed E-state index contributed by atoms with van der Waals surface area (Å²) in [6.07, 6.45) is 1.19. The summed E-state index contributed by atoms with van der Waals surface area (Å²) in [6.45, 7) is 4.40. The van der Waals surface area contributed by atoms with E-state index in [9.17, 15) is 18.0 Å². The minimum atomic E-state index is -3.63. The zero-order valence-electron chi connectivity index (χ0n) is 18.8. The number of sulfonamides is 1. The second-order valence-corrected chi connectivity index (χ2v) is 12.5. The zero-order chi connectivity index (χ0) is 24.6. The van der Waals surface area contributed by atoms with Crippen LogP contribution in [0.1, 0.15) is 38.3 Å². The first kappa shape index (κ1) is 25.2. The molecule has 3 aromatic rings. The van der Waals surface area contributed by atoms with Crippen LogP contribution in [0.3, 0.4) is 0 Å². The molecule has 1 amide bonds. The van der Waals surface area contributed by atoms with Crippen molar-refractivity contribution in [3.63, 3.8) is 0 Å². The van der Waals surface area contributed by atoms with E-state index >= 15 is 0 Å². The van der Waals surface area contributed by atoms with Crippen LogP contribution in [0, 0.1) is 5.92 Å². The van der Waals surface area contributed by atoms with Crippen LogP contribution in [0.15, 0.2) is 41.2 Å². The van der Waals surface area contributed by atoms with E-state index in [4.69, 9.17) is 23.2 Å². The summed E-state index contributed by atoms with van der Waals surface area (Å²) < 4.78 is 29.9. The van der Waals surface area contributed by atoms with Crippen LogP contribution >= 0.6 is 34.5 Å². The van der Waals surface area contributed by atoms with E-state index in [1.807, 2.05) is 19.9 Å². The van der Waals surface area contributed by atoms with E-state index in [1.54, 1.807) is 34.9 Å². The van der Waals surface area contributed by atoms with Gasteiger partial charge in [0, 0.05) is 24.8 Å². The molecule has 11 heteroatoms. The number of aromatic nitrogens is 1. The molecule has 1 saturated heterocycles. The molecule has 0 bridgehead atoms. The molecule has 1 N–H and O–H groups in total. The molecule has 1 fully saturated rings. The maximum absolute atomic E-state index is 13.0. The number of halogens is 2. The van der Waals surface area contributed by atoms with Crippen LogP contribution in [0.2, 0.25) is 10.0 Å². The Morgan fingerprint density at radius 3 is 2.65 bits per heavy atom. The summed E-state index contributed by atoms with van der Waals surface area (Å²) >= 11 is 13.1. The van der Waals surface area contributed by atoms with Gasteiger partial charge in [-0.2, -0.15) is 0 Å². The zero-order valence-corrected chi connectivity index (χ0v) is 21.9. The maximum Gasteiger partial charge on any atom is 0.308 e. The summed E-state index contributed by atoms with van der Waals surface area (Å²) in [5.74, 6) is -0.905. The van der Waals surface area contributed by atoms with Gasteiger partial charge in [-0.3, -0.25) is 14.2 Å². The minimum Gasteiger partial charge on any atom is -0.326 e. The molecule has 7 nitrogen and oxygen atoms in total. The highest BCUT2D eigenvalue weighted by Crippen LogP contribution is 2.28. The van der Waals surface area contributed by atoms with E-state index in [0.29, 0.717) is 40.7 Å². The van der Waals surface area contributed by atoms with Crippen molar-refractivity contribution in [3.8, 4) is 0 Å². The maximum atomic E-state index is 13.0. The number of carbonyl (C=O) groups is 1. The lowest BCUT2D eigenvalue weighted by atomic mass is 9.98. The molecule has 0 radical (unpaired) electrons. The molecule has 1 atom stereocenters. The van der Waals surface area contributed by atoms with E-state index in [0.717, 1.165) is 21.6 Å². The van der Waals surface area contributed by atoms with Gasteiger partial charge in [0.25, 0.3) is 0 Å². The topological polar surface area (TPSA) is 88.5 Å². The highest BCUT2D eigenvalue weighted by atomic mass is 35.5. The van der Waals surface area contributed by atoms with Gasteiger partial charge < -0.3 is 5.32 Å². The van der Waals surface area contributed by atoms with Crippen LogP contribution in [0.5, 0.6) is 0 Å². The predicted molar refractivity (Wildman–Crippen MR) is 138 cm³/mol. The lowest BCUT2D eigenvalue weighted by molar-refractivity contribution is -0.120. The Hall–Kier alpha value is -1.91. The van der Waals surface area contributed by atoms with Crippen molar-refractivity contribution >= 4 is 66.4 Å². The molecule has 34 heavy (non-hydrogen) atoms. The molecule has 2 heterocycles. The van der Waals surface area contributed by atoms with Crippen LogP contribution in [0.25, 0.3) is 10.2 Å². The fourth-order valence-electron chi connectivity index (χ4n) is 4.19. The third-order valence-electron chi connectivity index (χ3n) is 5.88. The molecular formula is C23H25Cl2N3O4S2. The average Bonchev–Trinajstić information content (AvgIpc) is 3.11. The quantitative estimate of drug-likeness (QED) is 0.468. The Morgan fingerprint density at radius 1 is 1.18 bits per heavy atom. The number of hydrogen-bond acceptors (Lipinski definition) is 5. The van der Waals surface area contributed by atoms with Gasteiger partial charge in [-0.05, 0) is 62.6 Å². The molecule has 2 aromatic carbocycles. The van der Waals surface area contributed by atoms with Crippen LogP contribution in [-0.4, -0.2) is 36.3 Å². The summed E-state index contributed by atoms with van der Waals surface area (Å²) in [4.78, 5) is 25.2. The predicted octanol–water partition coefficient (Wildman–Crippen LogP) is 5.13. The first-order chi connectivity index (χ1) is 16.0. The van der Waals surface area contributed by atoms with Gasteiger partial charge in [0.1, 0.15) is 0 Å². The van der Waals surface area contributed by atoms with Gasteiger partial charge in [-0.15, -0.1) is 0 Å². The van der Waals surface area contributed by atoms with E-state index in [2.05, 4.69) is 5.32 Å². The van der Waals surface area contributed by atoms with Crippen molar-refractivity contribution in [2.45, 2.75) is 38.5 Å². The van der Waals surface area contributed by atoms with Crippen molar-refractivity contribution < 1.29 is 13.2 Å². The van der Waals surface area contributed by atoms with E-state index < -0.39 is 15.9 Å². The lowest BCUT2D eigenvalue weighted by Gasteiger charge is -2.31. The normalized spacial score (nSPS) is 17.4. The van der Waals surface area contributed by atoms with Gasteiger partial charge in [0.05, 0.1) is 31.9 Å². The average molecular weight is 543 g/mol. The third kappa shape index (κ3) is 5.33. The number of nitrogens with one attached hydrogen (secondary N) is 1. The number of benzene rings is 2. The molecule has 182 valence electrons. The Balaban J connectivity index is 1.46. The molecule has 1 aromatic heterocycles. The number of carbonyl (C=O) groups excluding carboxylic acids is 1. The number of fused-ring (bicyclic) bond motifs is 1. The summed E-state index contributed by atoms with van der Waals surface area (Å²) in [5, 5.41) is 3.57. The van der Waals surface area contributed by atoms with Gasteiger partial charge in [-0.1, -0.05) is 40.6 Å². The first-order valence-electron chi connectivity index (χ1n) is 10.9. The molecule has 1 aliphatic rings. The van der Waals surface area contributed by atoms with Gasteiger partial charge >= 0.3 is 4.87 Å². The second kappa shape index (κ2) is 9.99. The van der Waals surface area contributed by atoms with E-state index in [1.165, 1.54) is 4.31 Å². The number of hydrogen-bond donors (Lipinski definition) is 1. The molecule has 0 spiro atoms. The summed E-state index contributed by atoms with van der Waals surface area (Å²) in [7, 11) is -3.63. The third-order valence-corrected chi connectivity index (χ3v) is 9.35. The molecule has 0 unspecified atom stereocenters. The molecule has 0 saturated carbocycles. The number of rotatable bonds is 6. The fraction of sp³-hybridized carbons (Fsp3) is 0.391. The summed E-state index contributed by atoms with van der Waals surface area (Å²) in [6, 6.07) is 10.2. The van der Waals surface area contributed by atoms with Crippen molar-refractivity contribution in [2.75, 3.05) is 18.4 Å². The Bertz CT molecular complexity index is 1400. The molecular weight excluding hydrogens is 517 g/mol. The van der Waals surface area contributed by atoms with Crippen molar-refractivity contribution in [3.05, 3.63) is 61.7 Å². The molecule has 4 rings (SSSR count). The number of piperidine rings is 1. The second-order valence-electron chi connectivity index (χ2n) is 8.71. The Morgan fingerprint density at radius 2 is 1.94 bits per heavy atom. The highest BCUT2D eigenvalue weighted by Gasteiger charge is 2.32. The molecule has 1 aliphatic heterocycles. The summed E-state index contributed by atoms with van der Waals surface area (Å²) in [5.41, 5.74) is 1.97. The number of nitrogens with zero attached hydrogens (tertiary/aromatic N) is 2. The van der Waals surface area contributed by atoms with Crippen LogP contribution in [0.4, 0.5) is 5.69 Å². The highest BCUT2D eigenvalue weighted by molar-refractivity contribution is 7.88.